The molecule has 0 aliphatic carbocycles. The lowest BCUT2D eigenvalue weighted by Gasteiger charge is -2.16. The number of nitrogens with two attached hydrogens (primary N) is 1. The highest BCUT2D eigenvalue weighted by Gasteiger charge is 2.20. The molecule has 0 aromatic carbocycles. The van der Waals surface area contributed by atoms with Gasteiger partial charge in [-0.3, -0.25) is 9.59 Å². The van der Waals surface area contributed by atoms with Crippen LogP contribution >= 0.6 is 0 Å². The third kappa shape index (κ3) is 3.19. The Morgan fingerprint density at radius 1 is 1.36 bits per heavy atom. The van der Waals surface area contributed by atoms with Crippen LogP contribution in [0.4, 0.5) is 5.69 Å². The molecule has 2 rings (SSSR count). The van der Waals surface area contributed by atoms with Crippen LogP contribution in [0.1, 0.15) is 32.6 Å². The van der Waals surface area contributed by atoms with E-state index in [-0.39, 0.29) is 17.6 Å². The molecular formula is C15H20N4O3. The minimum atomic E-state index is -0.770. The van der Waals surface area contributed by atoms with Crippen molar-refractivity contribution < 1.29 is 9.21 Å². The van der Waals surface area contributed by atoms with Crippen LogP contribution in [0.25, 0.3) is 11.5 Å². The average Bonchev–Trinajstić information content (AvgIpc) is 2.86. The topological polar surface area (TPSA) is 103 Å². The highest BCUT2D eigenvalue weighted by molar-refractivity contribution is 5.80. The summed E-state index contributed by atoms with van der Waals surface area (Å²) in [7, 11) is 0. The number of rotatable bonds is 4. The lowest BCUT2D eigenvalue weighted by atomic mass is 10.2. The largest absolute Gasteiger partial charge is 0.460 e. The molecule has 0 aliphatic rings. The smallest absolute Gasteiger partial charge is 0.290 e. The fourth-order valence-electron chi connectivity index (χ4n) is 2.00. The van der Waals surface area contributed by atoms with Crippen molar-refractivity contribution >= 4 is 11.6 Å². The lowest BCUT2D eigenvalue weighted by Crippen LogP contribution is -2.40. The minimum absolute atomic E-state index is 0.0169. The zero-order chi connectivity index (χ0) is 16.4. The van der Waals surface area contributed by atoms with Gasteiger partial charge in [0.1, 0.15) is 23.2 Å². The first-order valence-corrected chi connectivity index (χ1v) is 7.06. The quantitative estimate of drug-likeness (QED) is 0.890. The van der Waals surface area contributed by atoms with Gasteiger partial charge in [-0.05, 0) is 45.9 Å². The van der Waals surface area contributed by atoms with E-state index in [1.165, 1.54) is 6.07 Å². The van der Waals surface area contributed by atoms with Gasteiger partial charge in [0.2, 0.25) is 5.91 Å². The summed E-state index contributed by atoms with van der Waals surface area (Å²) < 4.78 is 6.57. The summed E-state index contributed by atoms with van der Waals surface area (Å²) >= 11 is 0. The molecule has 0 spiro atoms. The maximum atomic E-state index is 12.2. The van der Waals surface area contributed by atoms with Crippen LogP contribution in [0.3, 0.4) is 0 Å². The van der Waals surface area contributed by atoms with Gasteiger partial charge in [-0.25, -0.2) is 4.68 Å². The van der Waals surface area contributed by atoms with Gasteiger partial charge < -0.3 is 15.5 Å². The third-order valence-corrected chi connectivity index (χ3v) is 3.13. The van der Waals surface area contributed by atoms with Gasteiger partial charge in [-0.15, -0.1) is 0 Å². The molecule has 2 heterocycles. The van der Waals surface area contributed by atoms with Gasteiger partial charge in [0.15, 0.2) is 5.76 Å². The molecule has 0 radical (unpaired) electrons. The molecule has 1 amide bonds. The second-order valence-corrected chi connectivity index (χ2v) is 5.48. The monoisotopic (exact) mass is 304 g/mol. The van der Waals surface area contributed by atoms with Crippen LogP contribution in [-0.2, 0) is 4.79 Å². The SMILES string of the molecule is Cc1ccc(-c2cc(N)c(=O)n([C@@H](C)C(=O)NC(C)C)n2)o1. The Labute approximate surface area is 128 Å². The highest BCUT2D eigenvalue weighted by Crippen LogP contribution is 2.20. The third-order valence-electron chi connectivity index (χ3n) is 3.13. The number of aryl methyl sites for hydroxylation is 1. The van der Waals surface area contributed by atoms with E-state index in [0.29, 0.717) is 11.5 Å². The summed E-state index contributed by atoms with van der Waals surface area (Å²) in [5.41, 5.74) is 5.69. The van der Waals surface area contributed by atoms with E-state index in [4.69, 9.17) is 10.2 Å². The summed E-state index contributed by atoms with van der Waals surface area (Å²) in [4.78, 5) is 24.2. The Hall–Kier alpha value is -2.57. The molecule has 0 bridgehead atoms. The minimum Gasteiger partial charge on any atom is -0.460 e. The summed E-state index contributed by atoms with van der Waals surface area (Å²) in [6.45, 7) is 7.10. The molecule has 22 heavy (non-hydrogen) atoms. The van der Waals surface area contributed by atoms with E-state index >= 15 is 0 Å². The number of amides is 1. The molecule has 0 saturated carbocycles. The average molecular weight is 304 g/mol. The Kier molecular flexibility index (Phi) is 4.35. The lowest BCUT2D eigenvalue weighted by molar-refractivity contribution is -0.124. The van der Waals surface area contributed by atoms with Crippen LogP contribution in [0.5, 0.6) is 0 Å². The molecule has 7 nitrogen and oxygen atoms in total. The van der Waals surface area contributed by atoms with E-state index in [1.54, 1.807) is 19.1 Å². The normalized spacial score (nSPS) is 12.4. The number of nitrogens with one attached hydrogen (secondary N) is 1. The first kappa shape index (κ1) is 15.8. The zero-order valence-electron chi connectivity index (χ0n) is 13.1. The summed E-state index contributed by atoms with van der Waals surface area (Å²) in [6.07, 6.45) is 0. The molecule has 0 unspecified atom stereocenters. The molecule has 1 atom stereocenters. The second-order valence-electron chi connectivity index (χ2n) is 5.48. The van der Waals surface area contributed by atoms with Gasteiger partial charge in [0.05, 0.1) is 0 Å². The van der Waals surface area contributed by atoms with Crippen LogP contribution in [0.15, 0.2) is 27.4 Å². The number of carbonyl (C=O) groups is 1. The molecule has 7 heteroatoms. The summed E-state index contributed by atoms with van der Waals surface area (Å²) in [6, 6.07) is 4.18. The van der Waals surface area contributed by atoms with Crippen molar-refractivity contribution in [2.75, 3.05) is 5.73 Å². The fraction of sp³-hybridized carbons (Fsp3) is 0.400. The maximum absolute atomic E-state index is 12.2. The van der Waals surface area contributed by atoms with Gasteiger partial charge in [-0.2, -0.15) is 5.10 Å². The first-order chi connectivity index (χ1) is 10.3. The zero-order valence-corrected chi connectivity index (χ0v) is 13.1. The first-order valence-electron chi connectivity index (χ1n) is 7.06. The van der Waals surface area contributed by atoms with Crippen molar-refractivity contribution in [3.8, 4) is 11.5 Å². The van der Waals surface area contributed by atoms with Crippen molar-refractivity contribution in [1.82, 2.24) is 15.1 Å². The van der Waals surface area contributed by atoms with Crippen LogP contribution in [0, 0.1) is 6.92 Å². The Morgan fingerprint density at radius 3 is 2.59 bits per heavy atom. The Balaban J connectivity index is 2.45. The van der Waals surface area contributed by atoms with Crippen LogP contribution in [-0.4, -0.2) is 21.7 Å². The van der Waals surface area contributed by atoms with E-state index in [1.807, 2.05) is 20.8 Å². The second kappa shape index (κ2) is 6.05. The maximum Gasteiger partial charge on any atom is 0.290 e. The number of nitrogen functional groups attached to an aromatic ring is 1. The molecule has 118 valence electrons. The number of hydrogen-bond donors (Lipinski definition) is 2. The molecule has 2 aromatic heterocycles. The fourth-order valence-corrected chi connectivity index (χ4v) is 2.00. The molecule has 0 fully saturated rings. The van der Waals surface area contributed by atoms with Crippen LogP contribution in [0.2, 0.25) is 0 Å². The number of nitrogens with zero attached hydrogens (tertiary/aromatic N) is 2. The number of anilines is 1. The molecule has 0 saturated heterocycles. The highest BCUT2D eigenvalue weighted by atomic mass is 16.3. The molecular weight excluding hydrogens is 284 g/mol. The predicted molar refractivity (Wildman–Crippen MR) is 83.3 cm³/mol. The Bertz CT molecular complexity index is 745. The standard InChI is InChI=1S/C15H20N4O3/c1-8(2)17-14(20)10(4)19-15(21)11(16)7-12(18-19)13-6-5-9(3)22-13/h5-8,10H,16H2,1-4H3,(H,17,20)/t10-/m0/s1. The number of aromatic nitrogens is 2. The number of carbonyl (C=O) groups excluding carboxylic acids is 1. The van der Waals surface area contributed by atoms with Crippen molar-refractivity contribution in [2.24, 2.45) is 0 Å². The summed E-state index contributed by atoms with van der Waals surface area (Å²) in [5.74, 6) is 0.921. The number of hydrogen-bond acceptors (Lipinski definition) is 5. The van der Waals surface area contributed by atoms with Crippen molar-refractivity contribution in [2.45, 2.75) is 39.8 Å². The van der Waals surface area contributed by atoms with Crippen LogP contribution < -0.4 is 16.6 Å². The molecule has 3 N–H and O–H groups in total. The van der Waals surface area contributed by atoms with Crippen molar-refractivity contribution in [3.63, 3.8) is 0 Å². The molecule has 2 aromatic rings. The van der Waals surface area contributed by atoms with Gasteiger partial charge in [0.25, 0.3) is 5.56 Å². The summed E-state index contributed by atoms with van der Waals surface area (Å²) in [5, 5.41) is 6.96. The van der Waals surface area contributed by atoms with E-state index in [0.717, 1.165) is 10.4 Å². The van der Waals surface area contributed by atoms with E-state index in [2.05, 4.69) is 10.4 Å². The van der Waals surface area contributed by atoms with Crippen molar-refractivity contribution in [1.29, 1.82) is 0 Å². The van der Waals surface area contributed by atoms with Gasteiger partial charge >= 0.3 is 0 Å². The van der Waals surface area contributed by atoms with E-state index in [9.17, 15) is 9.59 Å². The number of furan rings is 1. The van der Waals surface area contributed by atoms with Crippen molar-refractivity contribution in [3.05, 3.63) is 34.3 Å². The molecule has 0 aliphatic heterocycles. The van der Waals surface area contributed by atoms with Gasteiger partial charge in [0, 0.05) is 6.04 Å². The predicted octanol–water partition coefficient (Wildman–Crippen LogP) is 1.48. The Morgan fingerprint density at radius 2 is 2.05 bits per heavy atom. The van der Waals surface area contributed by atoms with E-state index < -0.39 is 11.6 Å². The van der Waals surface area contributed by atoms with Gasteiger partial charge in [-0.1, -0.05) is 0 Å².